The summed E-state index contributed by atoms with van der Waals surface area (Å²) in [6.45, 7) is -0.330. The van der Waals surface area contributed by atoms with Gasteiger partial charge in [-0.1, -0.05) is 42.5 Å². The van der Waals surface area contributed by atoms with Crippen molar-refractivity contribution < 1.29 is 13.5 Å². The van der Waals surface area contributed by atoms with Crippen molar-refractivity contribution in [1.82, 2.24) is 14.7 Å². The van der Waals surface area contributed by atoms with E-state index in [1.165, 1.54) is 0 Å². The second kappa shape index (κ2) is 7.55. The van der Waals surface area contributed by atoms with Crippen LogP contribution in [0.4, 0.5) is 0 Å². The lowest BCUT2D eigenvalue weighted by atomic mass is 10.0. The van der Waals surface area contributed by atoms with Crippen molar-refractivity contribution in [3.05, 3.63) is 84.7 Å². The predicted octanol–water partition coefficient (Wildman–Crippen LogP) is 3.24. The van der Waals surface area contributed by atoms with E-state index in [1.54, 1.807) is 54.7 Å². The largest absolute Gasteiger partial charge is 0.394 e. The van der Waals surface area contributed by atoms with Gasteiger partial charge in [-0.05, 0) is 41.0 Å². The third-order valence-electron chi connectivity index (χ3n) is 4.62. The van der Waals surface area contributed by atoms with E-state index >= 15 is 0 Å². The minimum Gasteiger partial charge on any atom is -0.394 e. The molecule has 4 aromatic rings. The molecule has 2 heterocycles. The van der Waals surface area contributed by atoms with Gasteiger partial charge < -0.3 is 10.1 Å². The quantitative estimate of drug-likeness (QED) is 0.469. The van der Waals surface area contributed by atoms with E-state index in [-0.39, 0.29) is 11.5 Å². The molecular weight excluding hydrogens is 374 g/mol. The summed E-state index contributed by atoms with van der Waals surface area (Å²) in [5.74, 6) is 0. The molecule has 1 atom stereocenters. The molecule has 0 radical (unpaired) electrons. The van der Waals surface area contributed by atoms with Gasteiger partial charge in [-0.2, -0.15) is 0 Å². The molecule has 3 N–H and O–H groups in total. The van der Waals surface area contributed by atoms with Crippen molar-refractivity contribution >= 4 is 21.1 Å². The number of hydrogen-bond donors (Lipinski definition) is 3. The van der Waals surface area contributed by atoms with Crippen molar-refractivity contribution in [2.24, 2.45) is 0 Å². The van der Waals surface area contributed by atoms with Crippen LogP contribution in [0.5, 0.6) is 0 Å². The van der Waals surface area contributed by atoms with Crippen LogP contribution in [0, 0.1) is 0 Å². The zero-order valence-electron chi connectivity index (χ0n) is 14.9. The maximum absolute atomic E-state index is 12.8. The predicted molar refractivity (Wildman–Crippen MR) is 108 cm³/mol. The Morgan fingerprint density at radius 1 is 1.00 bits per heavy atom. The highest BCUT2D eigenvalue weighted by molar-refractivity contribution is 7.89. The first kappa shape index (κ1) is 18.4. The molecular formula is C21H19N3O3S. The normalized spacial score (nSPS) is 12.9. The standard InChI is InChI=1S/C21H19N3O3S/c25-14-20(16-4-2-1-3-5-16)24-28(26,27)17-8-6-15(7-9-17)18-10-12-22-21-19(18)11-13-23-21/h1-13,20,24-25H,14H2,(H,22,23)/t20-/m0/s1. The molecule has 0 amide bonds. The summed E-state index contributed by atoms with van der Waals surface area (Å²) in [5.41, 5.74) is 3.36. The summed E-state index contributed by atoms with van der Waals surface area (Å²) in [7, 11) is -3.78. The fourth-order valence-corrected chi connectivity index (χ4v) is 4.39. The fourth-order valence-electron chi connectivity index (χ4n) is 3.18. The molecule has 2 aromatic heterocycles. The molecule has 0 aliphatic rings. The maximum atomic E-state index is 12.8. The number of aliphatic hydroxyl groups is 1. The van der Waals surface area contributed by atoms with Gasteiger partial charge in [0, 0.05) is 17.8 Å². The molecule has 7 heteroatoms. The van der Waals surface area contributed by atoms with Crippen LogP contribution in [-0.2, 0) is 10.0 Å². The van der Waals surface area contributed by atoms with Gasteiger partial charge in [-0.3, -0.25) is 0 Å². The molecule has 0 saturated heterocycles. The minimum absolute atomic E-state index is 0.144. The number of rotatable bonds is 6. The van der Waals surface area contributed by atoms with Gasteiger partial charge in [0.1, 0.15) is 5.65 Å². The highest BCUT2D eigenvalue weighted by Crippen LogP contribution is 2.28. The zero-order chi connectivity index (χ0) is 19.6. The van der Waals surface area contributed by atoms with E-state index in [9.17, 15) is 13.5 Å². The second-order valence-electron chi connectivity index (χ2n) is 6.39. The first-order valence-electron chi connectivity index (χ1n) is 8.79. The Balaban J connectivity index is 1.62. The van der Waals surface area contributed by atoms with E-state index in [4.69, 9.17) is 0 Å². The molecule has 6 nitrogen and oxygen atoms in total. The third-order valence-corrected chi connectivity index (χ3v) is 6.11. The van der Waals surface area contributed by atoms with Crippen LogP contribution in [0.3, 0.4) is 0 Å². The number of nitrogens with one attached hydrogen (secondary N) is 2. The van der Waals surface area contributed by atoms with Crippen molar-refractivity contribution in [3.8, 4) is 11.1 Å². The topological polar surface area (TPSA) is 95.1 Å². The Bertz CT molecular complexity index is 1190. The summed E-state index contributed by atoms with van der Waals surface area (Å²) in [6.07, 6.45) is 3.54. The van der Waals surface area contributed by atoms with Gasteiger partial charge in [0.15, 0.2) is 0 Å². The first-order valence-corrected chi connectivity index (χ1v) is 10.3. The number of hydrogen-bond acceptors (Lipinski definition) is 4. The minimum atomic E-state index is -3.78. The molecule has 2 aromatic carbocycles. The number of benzene rings is 2. The highest BCUT2D eigenvalue weighted by atomic mass is 32.2. The third kappa shape index (κ3) is 3.55. The smallest absolute Gasteiger partial charge is 0.241 e. The molecule has 142 valence electrons. The van der Waals surface area contributed by atoms with Crippen molar-refractivity contribution in [2.45, 2.75) is 10.9 Å². The summed E-state index contributed by atoms with van der Waals surface area (Å²) < 4.78 is 28.1. The molecule has 28 heavy (non-hydrogen) atoms. The van der Waals surface area contributed by atoms with Gasteiger partial charge in [0.2, 0.25) is 10.0 Å². The summed E-state index contributed by atoms with van der Waals surface area (Å²) in [5, 5.41) is 10.6. The number of aliphatic hydroxyl groups excluding tert-OH is 1. The average Bonchev–Trinajstić information content (AvgIpc) is 3.22. The van der Waals surface area contributed by atoms with Gasteiger partial charge in [-0.25, -0.2) is 18.1 Å². The Kier molecular flexibility index (Phi) is 4.95. The molecule has 0 aliphatic heterocycles. The van der Waals surface area contributed by atoms with Crippen molar-refractivity contribution in [1.29, 1.82) is 0 Å². The molecule has 0 saturated carbocycles. The number of nitrogens with zero attached hydrogens (tertiary/aromatic N) is 1. The lowest BCUT2D eigenvalue weighted by Gasteiger charge is -2.17. The lowest BCUT2D eigenvalue weighted by Crippen LogP contribution is -2.30. The zero-order valence-corrected chi connectivity index (χ0v) is 15.7. The van der Waals surface area contributed by atoms with Crippen LogP contribution in [0.15, 0.2) is 84.0 Å². The molecule has 0 fully saturated rings. The molecule has 0 unspecified atom stereocenters. The van der Waals surface area contributed by atoms with E-state index in [1.807, 2.05) is 24.4 Å². The molecule has 0 aliphatic carbocycles. The first-order chi connectivity index (χ1) is 13.6. The van der Waals surface area contributed by atoms with Crippen LogP contribution in [0.2, 0.25) is 0 Å². The number of H-pyrrole nitrogens is 1. The van der Waals surface area contributed by atoms with Gasteiger partial charge in [0.05, 0.1) is 17.5 Å². The van der Waals surface area contributed by atoms with Crippen LogP contribution in [-0.4, -0.2) is 30.1 Å². The average molecular weight is 393 g/mol. The maximum Gasteiger partial charge on any atom is 0.241 e. The van der Waals surface area contributed by atoms with Crippen molar-refractivity contribution in [2.75, 3.05) is 6.61 Å². The summed E-state index contributed by atoms with van der Waals surface area (Å²) >= 11 is 0. The Hall–Kier alpha value is -3.00. The van der Waals surface area contributed by atoms with Crippen LogP contribution >= 0.6 is 0 Å². The number of aromatic nitrogens is 2. The number of aromatic amines is 1. The Labute approximate surface area is 162 Å². The highest BCUT2D eigenvalue weighted by Gasteiger charge is 2.21. The lowest BCUT2D eigenvalue weighted by molar-refractivity contribution is 0.259. The van der Waals surface area contributed by atoms with Gasteiger partial charge >= 0.3 is 0 Å². The van der Waals surface area contributed by atoms with E-state index in [0.717, 1.165) is 22.2 Å². The summed E-state index contributed by atoms with van der Waals surface area (Å²) in [6, 6.07) is 18.8. The number of fused-ring (bicyclic) bond motifs is 1. The SMILES string of the molecule is O=S(=O)(N[C@@H](CO)c1ccccc1)c1ccc(-c2ccnc3[nH]ccc23)cc1. The Morgan fingerprint density at radius 2 is 1.75 bits per heavy atom. The van der Waals surface area contributed by atoms with Gasteiger partial charge in [-0.15, -0.1) is 0 Å². The molecule has 4 rings (SSSR count). The monoisotopic (exact) mass is 393 g/mol. The fraction of sp³-hybridized carbons (Fsp3) is 0.0952. The molecule has 0 bridgehead atoms. The second-order valence-corrected chi connectivity index (χ2v) is 8.10. The van der Waals surface area contributed by atoms with Crippen LogP contribution in [0.25, 0.3) is 22.2 Å². The van der Waals surface area contributed by atoms with E-state index in [0.29, 0.717) is 5.56 Å². The van der Waals surface area contributed by atoms with Crippen molar-refractivity contribution in [3.63, 3.8) is 0 Å². The Morgan fingerprint density at radius 3 is 2.46 bits per heavy atom. The van der Waals surface area contributed by atoms with Crippen LogP contribution < -0.4 is 4.72 Å². The summed E-state index contributed by atoms with van der Waals surface area (Å²) in [4.78, 5) is 7.48. The van der Waals surface area contributed by atoms with E-state index < -0.39 is 16.1 Å². The number of sulfonamides is 1. The number of pyridine rings is 1. The van der Waals surface area contributed by atoms with Crippen LogP contribution in [0.1, 0.15) is 11.6 Å². The molecule has 0 spiro atoms. The van der Waals surface area contributed by atoms with Gasteiger partial charge in [0.25, 0.3) is 0 Å². The van der Waals surface area contributed by atoms with E-state index in [2.05, 4.69) is 14.7 Å².